The Kier molecular flexibility index (Phi) is 7.46. The number of hydrogen-bond acceptors (Lipinski definition) is 7. The van der Waals surface area contributed by atoms with Crippen LogP contribution >= 0.6 is 11.8 Å². The third-order valence-corrected chi connectivity index (χ3v) is 7.23. The Hall–Kier alpha value is -3.41. The van der Waals surface area contributed by atoms with Gasteiger partial charge in [-0.3, -0.25) is 4.79 Å². The second kappa shape index (κ2) is 10.7. The molecule has 0 fully saturated rings. The van der Waals surface area contributed by atoms with E-state index in [1.54, 1.807) is 24.3 Å². The van der Waals surface area contributed by atoms with Crippen molar-refractivity contribution in [3.05, 3.63) is 90.1 Å². The number of nitrogens with zero attached hydrogens (tertiary/aromatic N) is 3. The molecule has 0 aliphatic carbocycles. The Morgan fingerprint density at radius 3 is 2.65 bits per heavy atom. The average molecular weight is 498 g/mol. The Bertz CT molecular complexity index is 1350. The predicted octanol–water partition coefficient (Wildman–Crippen LogP) is 3.44. The highest BCUT2D eigenvalue weighted by atomic mass is 32.2. The molecule has 4 rings (SSSR count). The van der Waals surface area contributed by atoms with Crippen LogP contribution in [0, 0.1) is 6.92 Å². The first-order valence-electron chi connectivity index (χ1n) is 10.4. The molecule has 0 bridgehead atoms. The minimum atomic E-state index is -3.77. The monoisotopic (exact) mass is 497 g/mol. The lowest BCUT2D eigenvalue weighted by atomic mass is 10.2. The number of benzene rings is 2. The molecule has 2 aromatic carbocycles. The lowest BCUT2D eigenvalue weighted by molar-refractivity contribution is -0.113. The smallest absolute Gasteiger partial charge is 0.241 e. The van der Waals surface area contributed by atoms with E-state index in [2.05, 4.69) is 20.2 Å². The van der Waals surface area contributed by atoms with Gasteiger partial charge in [0.05, 0.1) is 30.0 Å². The normalized spacial score (nSPS) is 11.4. The van der Waals surface area contributed by atoms with Gasteiger partial charge < -0.3 is 14.3 Å². The van der Waals surface area contributed by atoms with Gasteiger partial charge >= 0.3 is 0 Å². The van der Waals surface area contributed by atoms with Crippen molar-refractivity contribution < 1.29 is 17.6 Å². The van der Waals surface area contributed by atoms with E-state index in [0.717, 1.165) is 11.4 Å². The van der Waals surface area contributed by atoms with Gasteiger partial charge in [-0.25, -0.2) is 13.1 Å². The molecule has 11 heteroatoms. The van der Waals surface area contributed by atoms with E-state index in [-0.39, 0.29) is 23.1 Å². The van der Waals surface area contributed by atoms with Gasteiger partial charge in [0.1, 0.15) is 11.6 Å². The fourth-order valence-corrected chi connectivity index (χ4v) is 4.97. The molecule has 0 saturated heterocycles. The SMILES string of the molecule is Cc1nnc(SCC(=O)Nc2cccc(S(=O)(=O)NCc3ccco3)c2)n1Cc1ccccc1. The Morgan fingerprint density at radius 1 is 1.06 bits per heavy atom. The Morgan fingerprint density at radius 2 is 1.88 bits per heavy atom. The molecule has 34 heavy (non-hydrogen) atoms. The first kappa shape index (κ1) is 23.7. The van der Waals surface area contributed by atoms with Gasteiger partial charge in [0, 0.05) is 5.69 Å². The summed E-state index contributed by atoms with van der Waals surface area (Å²) in [6.07, 6.45) is 1.48. The van der Waals surface area contributed by atoms with Crippen LogP contribution in [0.2, 0.25) is 0 Å². The van der Waals surface area contributed by atoms with Crippen molar-refractivity contribution in [3.8, 4) is 0 Å². The summed E-state index contributed by atoms with van der Waals surface area (Å²) < 4.78 is 34.7. The van der Waals surface area contributed by atoms with Crippen molar-refractivity contribution in [1.29, 1.82) is 0 Å². The maximum Gasteiger partial charge on any atom is 0.241 e. The standard InChI is InChI=1S/C23H23N5O4S2/c1-17-26-27-23(28(17)15-18-7-3-2-4-8-18)33-16-22(29)25-19-9-5-11-21(13-19)34(30,31)24-14-20-10-6-12-32-20/h2-13,24H,14-16H2,1H3,(H,25,29). The zero-order valence-electron chi connectivity index (χ0n) is 18.3. The van der Waals surface area contributed by atoms with E-state index in [4.69, 9.17) is 4.42 Å². The summed E-state index contributed by atoms with van der Waals surface area (Å²) in [5.41, 5.74) is 1.49. The van der Waals surface area contributed by atoms with Crippen LogP contribution in [-0.4, -0.2) is 34.8 Å². The summed E-state index contributed by atoms with van der Waals surface area (Å²) in [6.45, 7) is 2.51. The molecule has 2 aromatic heterocycles. The van der Waals surface area contributed by atoms with Crippen molar-refractivity contribution in [1.82, 2.24) is 19.5 Å². The molecule has 176 valence electrons. The van der Waals surface area contributed by atoms with Gasteiger partial charge in [-0.2, -0.15) is 0 Å². The van der Waals surface area contributed by atoms with Gasteiger partial charge in [0.25, 0.3) is 0 Å². The number of aromatic nitrogens is 3. The van der Waals surface area contributed by atoms with Crippen molar-refractivity contribution >= 4 is 33.4 Å². The maximum atomic E-state index is 12.6. The second-order valence-corrected chi connectivity index (χ2v) is 10.1. The molecule has 4 aromatic rings. The first-order valence-corrected chi connectivity index (χ1v) is 12.9. The fourth-order valence-electron chi connectivity index (χ4n) is 3.15. The minimum absolute atomic E-state index is 0.0334. The van der Waals surface area contributed by atoms with Crippen molar-refractivity contribution in [2.24, 2.45) is 0 Å². The number of hydrogen-bond donors (Lipinski definition) is 2. The summed E-state index contributed by atoms with van der Waals surface area (Å²) in [4.78, 5) is 12.6. The number of carbonyl (C=O) groups excluding carboxylic acids is 1. The van der Waals surface area contributed by atoms with E-state index in [1.807, 2.05) is 41.8 Å². The number of amides is 1. The van der Waals surface area contributed by atoms with E-state index in [1.165, 1.54) is 30.2 Å². The van der Waals surface area contributed by atoms with E-state index in [9.17, 15) is 13.2 Å². The molecular weight excluding hydrogens is 474 g/mol. The molecule has 0 aliphatic heterocycles. The van der Waals surface area contributed by atoms with Crippen LogP contribution in [-0.2, 0) is 27.9 Å². The van der Waals surface area contributed by atoms with Crippen LogP contribution in [0.1, 0.15) is 17.1 Å². The van der Waals surface area contributed by atoms with Gasteiger partial charge in [0.15, 0.2) is 5.16 Å². The summed E-state index contributed by atoms with van der Waals surface area (Å²) >= 11 is 1.27. The molecule has 0 radical (unpaired) electrons. The number of aryl methyl sites for hydroxylation is 1. The van der Waals surface area contributed by atoms with E-state index in [0.29, 0.717) is 23.1 Å². The number of thioether (sulfide) groups is 1. The number of carbonyl (C=O) groups is 1. The topological polar surface area (TPSA) is 119 Å². The molecule has 0 spiro atoms. The quantitative estimate of drug-likeness (QED) is 0.322. The van der Waals surface area contributed by atoms with E-state index < -0.39 is 10.0 Å². The molecule has 2 N–H and O–H groups in total. The number of anilines is 1. The summed E-state index contributed by atoms with van der Waals surface area (Å²) in [7, 11) is -3.77. The van der Waals surface area contributed by atoms with Gasteiger partial charge in [-0.15, -0.1) is 10.2 Å². The lowest BCUT2D eigenvalue weighted by Crippen LogP contribution is -2.23. The van der Waals surface area contributed by atoms with Crippen molar-refractivity contribution in [2.75, 3.05) is 11.1 Å². The maximum absolute atomic E-state index is 12.6. The predicted molar refractivity (Wildman–Crippen MR) is 129 cm³/mol. The molecule has 1 amide bonds. The minimum Gasteiger partial charge on any atom is -0.468 e. The molecular formula is C23H23N5O4S2. The van der Waals surface area contributed by atoms with Crippen LogP contribution in [0.15, 0.2) is 87.5 Å². The van der Waals surface area contributed by atoms with Gasteiger partial charge in [-0.05, 0) is 42.8 Å². The van der Waals surface area contributed by atoms with Crippen molar-refractivity contribution in [3.63, 3.8) is 0 Å². The third kappa shape index (κ3) is 6.13. The van der Waals surface area contributed by atoms with E-state index >= 15 is 0 Å². The largest absolute Gasteiger partial charge is 0.468 e. The first-order chi connectivity index (χ1) is 16.4. The van der Waals surface area contributed by atoms with Gasteiger partial charge in [-0.1, -0.05) is 48.2 Å². The van der Waals surface area contributed by atoms with Crippen LogP contribution in [0.25, 0.3) is 0 Å². The molecule has 0 saturated carbocycles. The number of sulfonamides is 1. The number of nitrogens with one attached hydrogen (secondary N) is 2. The van der Waals surface area contributed by atoms with Crippen molar-refractivity contribution in [2.45, 2.75) is 30.1 Å². The zero-order valence-corrected chi connectivity index (χ0v) is 20.0. The number of furan rings is 1. The zero-order chi connectivity index (χ0) is 24.0. The average Bonchev–Trinajstić information content (AvgIpc) is 3.48. The highest BCUT2D eigenvalue weighted by Crippen LogP contribution is 2.20. The molecule has 0 unspecified atom stereocenters. The summed E-state index contributed by atoms with van der Waals surface area (Å²) in [5, 5.41) is 11.7. The van der Waals surface area contributed by atoms with Crippen LogP contribution in [0.4, 0.5) is 5.69 Å². The summed E-state index contributed by atoms with van der Waals surface area (Å²) in [6, 6.07) is 19.4. The van der Waals surface area contributed by atoms with Crippen LogP contribution in [0.5, 0.6) is 0 Å². The highest BCUT2D eigenvalue weighted by Gasteiger charge is 2.16. The molecule has 2 heterocycles. The Balaban J connectivity index is 1.36. The fraction of sp³-hybridized carbons (Fsp3) is 0.174. The summed E-state index contributed by atoms with van der Waals surface area (Å²) in [5.74, 6) is 1.07. The Labute approximate surface area is 201 Å². The lowest BCUT2D eigenvalue weighted by Gasteiger charge is -2.10. The molecule has 9 nitrogen and oxygen atoms in total. The van der Waals surface area contributed by atoms with Gasteiger partial charge in [0.2, 0.25) is 15.9 Å². The second-order valence-electron chi connectivity index (χ2n) is 7.37. The highest BCUT2D eigenvalue weighted by molar-refractivity contribution is 7.99. The number of rotatable bonds is 10. The van der Waals surface area contributed by atoms with Crippen LogP contribution < -0.4 is 10.0 Å². The molecule has 0 aliphatic rings. The third-order valence-electron chi connectivity index (χ3n) is 4.86. The van der Waals surface area contributed by atoms with Crippen LogP contribution in [0.3, 0.4) is 0 Å². The molecule has 0 atom stereocenters.